The summed E-state index contributed by atoms with van der Waals surface area (Å²) < 4.78 is 13.3. The van der Waals surface area contributed by atoms with Crippen molar-refractivity contribution in [3.8, 4) is 0 Å². The minimum absolute atomic E-state index is 0.0856. The predicted octanol–water partition coefficient (Wildman–Crippen LogP) is 1.47. The number of carbonyl (C=O) groups is 1. The monoisotopic (exact) mass is 197 g/mol. The van der Waals surface area contributed by atoms with E-state index in [4.69, 9.17) is 10.8 Å². The molecule has 4 heteroatoms. The van der Waals surface area contributed by atoms with Gasteiger partial charge < -0.3 is 10.8 Å². The molecule has 0 aliphatic carbocycles. The molecule has 0 bridgehead atoms. The first-order chi connectivity index (χ1) is 6.57. The maximum Gasteiger partial charge on any atom is 0.325 e. The van der Waals surface area contributed by atoms with Gasteiger partial charge in [-0.15, -0.1) is 0 Å². The number of rotatable bonds is 3. The van der Waals surface area contributed by atoms with Crippen LogP contribution in [0.5, 0.6) is 0 Å². The van der Waals surface area contributed by atoms with Gasteiger partial charge in [0.15, 0.2) is 0 Å². The van der Waals surface area contributed by atoms with Gasteiger partial charge in [0.05, 0.1) is 0 Å². The average Bonchev–Trinajstić information content (AvgIpc) is 2.16. The molecule has 0 radical (unpaired) electrons. The summed E-state index contributed by atoms with van der Waals surface area (Å²) in [5, 5.41) is 8.69. The molecular formula is C10H12FNO2. The Morgan fingerprint density at radius 3 is 2.79 bits per heavy atom. The molecule has 1 aromatic rings. The first-order valence-electron chi connectivity index (χ1n) is 4.33. The highest BCUT2D eigenvalue weighted by Crippen LogP contribution is 2.20. The molecule has 0 aliphatic rings. The van der Waals surface area contributed by atoms with Crippen LogP contribution in [0.15, 0.2) is 18.2 Å². The summed E-state index contributed by atoms with van der Waals surface area (Å²) in [5.41, 5.74) is 6.10. The summed E-state index contributed by atoms with van der Waals surface area (Å²) >= 11 is 0. The first-order valence-corrected chi connectivity index (χ1v) is 4.33. The second-order valence-electron chi connectivity index (χ2n) is 2.98. The second-order valence-corrected chi connectivity index (χ2v) is 2.98. The summed E-state index contributed by atoms with van der Waals surface area (Å²) in [5.74, 6) is -1.77. The van der Waals surface area contributed by atoms with E-state index in [1.807, 2.05) is 6.92 Å². The molecule has 1 aromatic carbocycles. The van der Waals surface area contributed by atoms with Crippen LogP contribution >= 0.6 is 0 Å². The molecule has 76 valence electrons. The van der Waals surface area contributed by atoms with Gasteiger partial charge in [0.1, 0.15) is 11.9 Å². The number of benzene rings is 1. The van der Waals surface area contributed by atoms with Crippen LogP contribution in [0.25, 0.3) is 0 Å². The van der Waals surface area contributed by atoms with Gasteiger partial charge in [-0.2, -0.15) is 0 Å². The fourth-order valence-electron chi connectivity index (χ4n) is 1.36. The molecule has 14 heavy (non-hydrogen) atoms. The molecule has 0 fully saturated rings. The van der Waals surface area contributed by atoms with Gasteiger partial charge in [0, 0.05) is 5.56 Å². The van der Waals surface area contributed by atoms with Gasteiger partial charge in [0.2, 0.25) is 0 Å². The van der Waals surface area contributed by atoms with Crippen molar-refractivity contribution in [2.24, 2.45) is 5.73 Å². The zero-order valence-corrected chi connectivity index (χ0v) is 7.83. The molecule has 1 atom stereocenters. The zero-order chi connectivity index (χ0) is 10.7. The van der Waals surface area contributed by atoms with Crippen LogP contribution < -0.4 is 5.73 Å². The topological polar surface area (TPSA) is 63.3 Å². The lowest BCUT2D eigenvalue weighted by molar-refractivity contribution is -0.138. The van der Waals surface area contributed by atoms with Gasteiger partial charge in [-0.25, -0.2) is 4.39 Å². The van der Waals surface area contributed by atoms with Crippen molar-refractivity contribution in [2.75, 3.05) is 0 Å². The van der Waals surface area contributed by atoms with Crippen LogP contribution in [0.1, 0.15) is 24.1 Å². The Labute approximate surface area is 81.4 Å². The molecule has 0 heterocycles. The van der Waals surface area contributed by atoms with E-state index in [-0.39, 0.29) is 5.56 Å². The Kier molecular flexibility index (Phi) is 3.19. The van der Waals surface area contributed by atoms with E-state index in [0.717, 1.165) is 0 Å². The number of hydrogen-bond donors (Lipinski definition) is 2. The SMILES string of the molecule is CCc1cccc(F)c1[C@H](N)C(=O)O. The molecule has 0 unspecified atom stereocenters. The minimum atomic E-state index is -1.29. The normalized spacial score (nSPS) is 12.5. The highest BCUT2D eigenvalue weighted by molar-refractivity contribution is 5.75. The van der Waals surface area contributed by atoms with E-state index < -0.39 is 17.8 Å². The summed E-state index contributed by atoms with van der Waals surface area (Å²) in [6, 6.07) is 3.16. The maximum atomic E-state index is 13.3. The van der Waals surface area contributed by atoms with Crippen LogP contribution in [0.4, 0.5) is 4.39 Å². The number of aryl methyl sites for hydroxylation is 1. The molecule has 3 N–H and O–H groups in total. The molecule has 0 saturated heterocycles. The third-order valence-electron chi connectivity index (χ3n) is 2.10. The summed E-state index contributed by atoms with van der Waals surface area (Å²) in [6.07, 6.45) is 0.564. The number of halogens is 1. The molecule has 0 saturated carbocycles. The van der Waals surface area contributed by atoms with E-state index in [9.17, 15) is 9.18 Å². The summed E-state index contributed by atoms with van der Waals surface area (Å²) in [7, 11) is 0. The van der Waals surface area contributed by atoms with Gasteiger partial charge in [-0.05, 0) is 18.1 Å². The fraction of sp³-hybridized carbons (Fsp3) is 0.300. The first kappa shape index (κ1) is 10.7. The highest BCUT2D eigenvalue weighted by Gasteiger charge is 2.20. The molecule has 0 spiro atoms. The number of nitrogens with two attached hydrogens (primary N) is 1. The smallest absolute Gasteiger partial charge is 0.325 e. The van der Waals surface area contributed by atoms with Crippen molar-refractivity contribution >= 4 is 5.97 Å². The Hall–Kier alpha value is -1.42. The Bertz CT molecular complexity index is 352. The standard InChI is InChI=1S/C10H12FNO2/c1-2-6-4-3-5-7(11)8(6)9(12)10(13)14/h3-5,9H,2,12H2,1H3,(H,13,14)/t9-/m0/s1. The highest BCUT2D eigenvalue weighted by atomic mass is 19.1. The molecule has 0 amide bonds. The zero-order valence-electron chi connectivity index (χ0n) is 7.83. The Balaban J connectivity index is 3.23. The van der Waals surface area contributed by atoms with Gasteiger partial charge in [-0.1, -0.05) is 19.1 Å². The largest absolute Gasteiger partial charge is 0.480 e. The van der Waals surface area contributed by atoms with E-state index in [0.29, 0.717) is 12.0 Å². The molecule has 0 aromatic heterocycles. The third kappa shape index (κ3) is 1.90. The van der Waals surface area contributed by atoms with Crippen molar-refractivity contribution in [1.82, 2.24) is 0 Å². The number of aliphatic carboxylic acids is 1. The van der Waals surface area contributed by atoms with E-state index in [1.165, 1.54) is 6.07 Å². The number of hydrogen-bond acceptors (Lipinski definition) is 2. The van der Waals surface area contributed by atoms with Crippen molar-refractivity contribution in [2.45, 2.75) is 19.4 Å². The fourth-order valence-corrected chi connectivity index (χ4v) is 1.36. The Morgan fingerprint density at radius 2 is 2.29 bits per heavy atom. The van der Waals surface area contributed by atoms with Crippen molar-refractivity contribution in [3.63, 3.8) is 0 Å². The lowest BCUT2D eigenvalue weighted by atomic mass is 9.98. The second kappa shape index (κ2) is 4.19. The number of carboxylic acid groups (broad SMARTS) is 1. The van der Waals surface area contributed by atoms with E-state index in [2.05, 4.69) is 0 Å². The summed E-state index contributed by atoms with van der Waals surface area (Å²) in [6.45, 7) is 1.83. The van der Waals surface area contributed by atoms with E-state index in [1.54, 1.807) is 12.1 Å². The predicted molar refractivity (Wildman–Crippen MR) is 50.3 cm³/mol. The van der Waals surface area contributed by atoms with Gasteiger partial charge in [-0.3, -0.25) is 4.79 Å². The van der Waals surface area contributed by atoms with Crippen LogP contribution in [0, 0.1) is 5.82 Å². The van der Waals surface area contributed by atoms with Crippen molar-refractivity contribution in [3.05, 3.63) is 35.1 Å². The van der Waals surface area contributed by atoms with E-state index >= 15 is 0 Å². The van der Waals surface area contributed by atoms with Crippen molar-refractivity contribution < 1.29 is 14.3 Å². The van der Waals surface area contributed by atoms with Crippen LogP contribution in [0.2, 0.25) is 0 Å². The maximum absolute atomic E-state index is 13.3. The minimum Gasteiger partial charge on any atom is -0.480 e. The lowest BCUT2D eigenvalue weighted by Crippen LogP contribution is -2.23. The molecule has 1 rings (SSSR count). The lowest BCUT2D eigenvalue weighted by Gasteiger charge is -2.12. The van der Waals surface area contributed by atoms with Crippen molar-refractivity contribution in [1.29, 1.82) is 0 Å². The molecule has 3 nitrogen and oxygen atoms in total. The van der Waals surface area contributed by atoms with Crippen LogP contribution in [-0.4, -0.2) is 11.1 Å². The summed E-state index contributed by atoms with van der Waals surface area (Å²) in [4.78, 5) is 10.6. The average molecular weight is 197 g/mol. The van der Waals surface area contributed by atoms with Gasteiger partial charge >= 0.3 is 5.97 Å². The Morgan fingerprint density at radius 1 is 1.64 bits per heavy atom. The van der Waals surface area contributed by atoms with Gasteiger partial charge in [0.25, 0.3) is 0 Å². The van der Waals surface area contributed by atoms with Crippen LogP contribution in [-0.2, 0) is 11.2 Å². The molecular weight excluding hydrogens is 185 g/mol. The molecule has 0 aliphatic heterocycles. The number of carboxylic acids is 1. The quantitative estimate of drug-likeness (QED) is 0.771. The third-order valence-corrected chi connectivity index (χ3v) is 2.10. The van der Waals surface area contributed by atoms with Crippen LogP contribution in [0.3, 0.4) is 0 Å².